The van der Waals surface area contributed by atoms with E-state index in [-0.39, 0.29) is 5.92 Å². The predicted molar refractivity (Wildman–Crippen MR) is 57.3 cm³/mol. The number of imidazole rings is 1. The normalized spacial score (nSPS) is 24.0. The topological polar surface area (TPSA) is 52.5 Å². The highest BCUT2D eigenvalue weighted by atomic mass is 14.9. The van der Waals surface area contributed by atoms with Gasteiger partial charge in [-0.1, -0.05) is 6.07 Å². The molecule has 2 aromatic rings. The Balaban J connectivity index is 2.04. The Morgan fingerprint density at radius 3 is 3.13 bits per heavy atom. The van der Waals surface area contributed by atoms with Crippen LogP contribution in [-0.2, 0) is 0 Å². The van der Waals surface area contributed by atoms with Gasteiger partial charge in [-0.15, -0.1) is 0 Å². The van der Waals surface area contributed by atoms with Gasteiger partial charge in [0.05, 0.1) is 23.0 Å². The number of nitrogens with zero attached hydrogens (tertiary/aromatic N) is 2. The van der Waals surface area contributed by atoms with Gasteiger partial charge in [0.25, 0.3) is 0 Å². The molecule has 2 unspecified atom stereocenters. The van der Waals surface area contributed by atoms with Crippen molar-refractivity contribution >= 4 is 11.0 Å². The van der Waals surface area contributed by atoms with Gasteiger partial charge >= 0.3 is 0 Å². The highest BCUT2D eigenvalue weighted by Crippen LogP contribution is 2.47. The zero-order valence-electron chi connectivity index (χ0n) is 8.49. The molecule has 1 fully saturated rings. The average Bonchev–Trinajstić information content (AvgIpc) is 2.92. The Bertz CT molecular complexity index is 562. The van der Waals surface area contributed by atoms with E-state index in [1.165, 1.54) is 5.56 Å². The minimum absolute atomic E-state index is 0.228. The summed E-state index contributed by atoms with van der Waals surface area (Å²) in [4.78, 5) is 7.57. The van der Waals surface area contributed by atoms with E-state index in [9.17, 15) is 0 Å². The van der Waals surface area contributed by atoms with Crippen molar-refractivity contribution < 1.29 is 0 Å². The van der Waals surface area contributed by atoms with E-state index in [2.05, 4.69) is 28.2 Å². The molecule has 0 saturated heterocycles. The molecular formula is C12H11N3. The second-order valence-electron chi connectivity index (χ2n) is 4.18. The van der Waals surface area contributed by atoms with Crippen LogP contribution in [0.5, 0.6) is 0 Å². The highest BCUT2D eigenvalue weighted by Gasteiger charge is 2.38. The van der Waals surface area contributed by atoms with Gasteiger partial charge in [0, 0.05) is 5.92 Å². The fourth-order valence-electron chi connectivity index (χ4n) is 2.09. The number of aromatic amines is 1. The lowest BCUT2D eigenvalue weighted by Gasteiger charge is -1.96. The third-order valence-corrected chi connectivity index (χ3v) is 3.01. The molecule has 0 radical (unpaired) electrons. The lowest BCUT2D eigenvalue weighted by Crippen LogP contribution is -1.81. The summed E-state index contributed by atoms with van der Waals surface area (Å²) in [7, 11) is 0. The van der Waals surface area contributed by atoms with Crippen molar-refractivity contribution in [3.63, 3.8) is 0 Å². The van der Waals surface area contributed by atoms with Crippen LogP contribution in [0.25, 0.3) is 11.0 Å². The molecule has 3 heteroatoms. The van der Waals surface area contributed by atoms with E-state index >= 15 is 0 Å². The number of hydrogen-bond donors (Lipinski definition) is 1. The predicted octanol–water partition coefficient (Wildman–Crippen LogP) is 2.50. The number of rotatable bonds is 1. The molecule has 1 aliphatic rings. The Morgan fingerprint density at radius 2 is 2.40 bits per heavy atom. The Labute approximate surface area is 87.8 Å². The minimum Gasteiger partial charge on any atom is -0.342 e. The number of H-pyrrole nitrogens is 1. The van der Waals surface area contributed by atoms with Crippen LogP contribution in [0.15, 0.2) is 18.2 Å². The summed E-state index contributed by atoms with van der Waals surface area (Å²) in [5.41, 5.74) is 3.34. The number of nitrogens with one attached hydrogen (secondary N) is 1. The molecule has 1 saturated carbocycles. The first kappa shape index (κ1) is 8.49. The van der Waals surface area contributed by atoms with E-state index in [0.29, 0.717) is 5.92 Å². The SMILES string of the molecule is Cc1nc2ccc(C3CC3C#N)cc2[nH]1. The monoisotopic (exact) mass is 197 g/mol. The Morgan fingerprint density at radius 1 is 1.53 bits per heavy atom. The third-order valence-electron chi connectivity index (χ3n) is 3.01. The molecule has 74 valence electrons. The van der Waals surface area contributed by atoms with Crippen molar-refractivity contribution in [2.45, 2.75) is 19.3 Å². The number of benzene rings is 1. The second-order valence-corrected chi connectivity index (χ2v) is 4.18. The summed E-state index contributed by atoms with van der Waals surface area (Å²) in [6.07, 6.45) is 1.01. The summed E-state index contributed by atoms with van der Waals surface area (Å²) in [5, 5.41) is 8.78. The first-order valence-electron chi connectivity index (χ1n) is 5.14. The molecule has 1 aromatic carbocycles. The highest BCUT2D eigenvalue weighted by molar-refractivity contribution is 5.76. The van der Waals surface area contributed by atoms with Crippen LogP contribution in [-0.4, -0.2) is 9.97 Å². The molecule has 1 aliphatic carbocycles. The molecule has 0 spiro atoms. The fraction of sp³-hybridized carbons (Fsp3) is 0.333. The first-order valence-corrected chi connectivity index (χ1v) is 5.14. The maximum atomic E-state index is 8.78. The summed E-state index contributed by atoms with van der Waals surface area (Å²) in [5.74, 6) is 1.62. The Hall–Kier alpha value is -1.82. The standard InChI is InChI=1S/C12H11N3/c1-7-14-11-3-2-8(5-12(11)15-7)10-4-9(10)6-13/h2-3,5,9-10H,4H2,1H3,(H,14,15). The van der Waals surface area contributed by atoms with Crippen LogP contribution in [0, 0.1) is 24.2 Å². The summed E-state index contributed by atoms with van der Waals surface area (Å²) >= 11 is 0. The smallest absolute Gasteiger partial charge is 0.104 e. The van der Waals surface area contributed by atoms with Crippen LogP contribution in [0.3, 0.4) is 0 Å². The van der Waals surface area contributed by atoms with Crippen LogP contribution >= 0.6 is 0 Å². The quantitative estimate of drug-likeness (QED) is 0.763. The maximum absolute atomic E-state index is 8.78. The van der Waals surface area contributed by atoms with Crippen molar-refractivity contribution in [2.24, 2.45) is 5.92 Å². The van der Waals surface area contributed by atoms with Crippen LogP contribution in [0.2, 0.25) is 0 Å². The van der Waals surface area contributed by atoms with Gasteiger partial charge in [0.1, 0.15) is 5.82 Å². The van der Waals surface area contributed by atoms with Gasteiger partial charge in [-0.25, -0.2) is 4.98 Å². The molecule has 3 rings (SSSR count). The van der Waals surface area contributed by atoms with Gasteiger partial charge in [0.2, 0.25) is 0 Å². The number of aryl methyl sites for hydroxylation is 1. The van der Waals surface area contributed by atoms with Crippen molar-refractivity contribution in [3.8, 4) is 6.07 Å². The van der Waals surface area contributed by atoms with Crippen molar-refractivity contribution in [1.82, 2.24) is 9.97 Å². The zero-order chi connectivity index (χ0) is 10.4. The average molecular weight is 197 g/mol. The molecule has 1 N–H and O–H groups in total. The third kappa shape index (κ3) is 1.30. The largest absolute Gasteiger partial charge is 0.342 e. The number of nitriles is 1. The molecule has 1 heterocycles. The van der Waals surface area contributed by atoms with Crippen LogP contribution < -0.4 is 0 Å². The lowest BCUT2D eigenvalue weighted by atomic mass is 10.1. The van der Waals surface area contributed by atoms with E-state index < -0.39 is 0 Å². The molecule has 0 aliphatic heterocycles. The number of fused-ring (bicyclic) bond motifs is 1. The van der Waals surface area contributed by atoms with E-state index in [4.69, 9.17) is 5.26 Å². The molecule has 1 aromatic heterocycles. The van der Waals surface area contributed by atoms with Crippen molar-refractivity contribution in [3.05, 3.63) is 29.6 Å². The summed E-state index contributed by atoms with van der Waals surface area (Å²) < 4.78 is 0. The van der Waals surface area contributed by atoms with Crippen LogP contribution in [0.4, 0.5) is 0 Å². The minimum atomic E-state index is 0.228. The molecular weight excluding hydrogens is 186 g/mol. The zero-order valence-corrected chi connectivity index (χ0v) is 8.49. The van der Waals surface area contributed by atoms with E-state index in [1.807, 2.05) is 13.0 Å². The molecule has 3 nitrogen and oxygen atoms in total. The van der Waals surface area contributed by atoms with Crippen molar-refractivity contribution in [2.75, 3.05) is 0 Å². The summed E-state index contributed by atoms with van der Waals surface area (Å²) in [6, 6.07) is 8.55. The second kappa shape index (κ2) is 2.83. The number of aromatic nitrogens is 2. The fourth-order valence-corrected chi connectivity index (χ4v) is 2.09. The van der Waals surface area contributed by atoms with Crippen LogP contribution in [0.1, 0.15) is 23.7 Å². The van der Waals surface area contributed by atoms with Crippen molar-refractivity contribution in [1.29, 1.82) is 5.26 Å². The van der Waals surface area contributed by atoms with Gasteiger partial charge in [0.15, 0.2) is 0 Å². The molecule has 0 amide bonds. The molecule has 15 heavy (non-hydrogen) atoms. The van der Waals surface area contributed by atoms with Gasteiger partial charge in [-0.05, 0) is 31.0 Å². The Kier molecular flexibility index (Phi) is 1.60. The number of hydrogen-bond acceptors (Lipinski definition) is 2. The van der Waals surface area contributed by atoms with E-state index in [0.717, 1.165) is 23.3 Å². The molecule has 0 bridgehead atoms. The van der Waals surface area contributed by atoms with Gasteiger partial charge in [-0.3, -0.25) is 0 Å². The first-order chi connectivity index (χ1) is 7.28. The lowest BCUT2D eigenvalue weighted by molar-refractivity contribution is 1.02. The molecule has 2 atom stereocenters. The maximum Gasteiger partial charge on any atom is 0.104 e. The van der Waals surface area contributed by atoms with Gasteiger partial charge < -0.3 is 4.98 Å². The van der Waals surface area contributed by atoms with E-state index in [1.54, 1.807) is 0 Å². The summed E-state index contributed by atoms with van der Waals surface area (Å²) in [6.45, 7) is 1.95. The van der Waals surface area contributed by atoms with Gasteiger partial charge in [-0.2, -0.15) is 5.26 Å².